The SMILES string of the molecule is CCn1c(SCC(=O)N/N=C/c2ccc(Br)s2)nnc1-c1ccccc1. The van der Waals surface area contributed by atoms with Gasteiger partial charge in [-0.05, 0) is 35.0 Å². The molecule has 3 aromatic rings. The van der Waals surface area contributed by atoms with Gasteiger partial charge in [0, 0.05) is 17.0 Å². The molecule has 9 heteroatoms. The molecule has 0 spiro atoms. The molecule has 2 aromatic heterocycles. The van der Waals surface area contributed by atoms with Crippen LogP contribution in [0.15, 0.2) is 56.5 Å². The van der Waals surface area contributed by atoms with Crippen LogP contribution in [0.25, 0.3) is 11.4 Å². The first-order valence-electron chi connectivity index (χ1n) is 7.86. The minimum absolute atomic E-state index is 0.186. The molecule has 0 atom stereocenters. The number of amides is 1. The summed E-state index contributed by atoms with van der Waals surface area (Å²) in [6.07, 6.45) is 1.63. The summed E-state index contributed by atoms with van der Waals surface area (Å²) in [7, 11) is 0. The highest BCUT2D eigenvalue weighted by Crippen LogP contribution is 2.23. The molecule has 26 heavy (non-hydrogen) atoms. The van der Waals surface area contributed by atoms with E-state index in [2.05, 4.69) is 36.7 Å². The lowest BCUT2D eigenvalue weighted by Gasteiger charge is -2.06. The third kappa shape index (κ3) is 4.80. The average Bonchev–Trinajstić information content (AvgIpc) is 3.26. The van der Waals surface area contributed by atoms with E-state index in [1.807, 2.05) is 54.0 Å². The van der Waals surface area contributed by atoms with Gasteiger partial charge < -0.3 is 4.57 Å². The highest BCUT2D eigenvalue weighted by atomic mass is 79.9. The average molecular weight is 450 g/mol. The van der Waals surface area contributed by atoms with E-state index in [4.69, 9.17) is 0 Å². The molecule has 0 aliphatic rings. The van der Waals surface area contributed by atoms with Gasteiger partial charge in [0.2, 0.25) is 0 Å². The van der Waals surface area contributed by atoms with Crippen LogP contribution in [0.5, 0.6) is 0 Å². The van der Waals surface area contributed by atoms with Crippen LogP contribution in [0, 0.1) is 0 Å². The normalized spacial score (nSPS) is 11.2. The Hall–Kier alpha value is -1.97. The van der Waals surface area contributed by atoms with E-state index in [9.17, 15) is 4.79 Å². The van der Waals surface area contributed by atoms with Crippen molar-refractivity contribution in [1.29, 1.82) is 0 Å². The smallest absolute Gasteiger partial charge is 0.250 e. The van der Waals surface area contributed by atoms with Crippen molar-refractivity contribution < 1.29 is 4.79 Å². The van der Waals surface area contributed by atoms with Crippen LogP contribution in [0.3, 0.4) is 0 Å². The van der Waals surface area contributed by atoms with Crippen LogP contribution in [0.2, 0.25) is 0 Å². The number of hydrazone groups is 1. The zero-order valence-electron chi connectivity index (χ0n) is 13.9. The number of thioether (sulfide) groups is 1. The first kappa shape index (κ1) is 18.8. The molecule has 2 heterocycles. The third-order valence-electron chi connectivity index (χ3n) is 3.37. The number of hydrogen-bond acceptors (Lipinski definition) is 6. The summed E-state index contributed by atoms with van der Waals surface area (Å²) in [6, 6.07) is 13.7. The minimum atomic E-state index is -0.186. The summed E-state index contributed by atoms with van der Waals surface area (Å²) >= 11 is 6.28. The van der Waals surface area contributed by atoms with Gasteiger partial charge in [-0.3, -0.25) is 4.79 Å². The lowest BCUT2D eigenvalue weighted by Crippen LogP contribution is -2.19. The van der Waals surface area contributed by atoms with E-state index in [1.165, 1.54) is 11.8 Å². The Morgan fingerprint density at radius 2 is 2.12 bits per heavy atom. The zero-order chi connectivity index (χ0) is 18.4. The number of rotatable bonds is 7. The van der Waals surface area contributed by atoms with Crippen molar-refractivity contribution in [1.82, 2.24) is 20.2 Å². The van der Waals surface area contributed by atoms with Crippen molar-refractivity contribution in [2.45, 2.75) is 18.6 Å². The monoisotopic (exact) mass is 449 g/mol. The molecule has 0 fully saturated rings. The van der Waals surface area contributed by atoms with E-state index >= 15 is 0 Å². The van der Waals surface area contributed by atoms with Crippen molar-refractivity contribution in [3.8, 4) is 11.4 Å². The highest BCUT2D eigenvalue weighted by Gasteiger charge is 2.14. The summed E-state index contributed by atoms with van der Waals surface area (Å²) in [5.74, 6) is 0.837. The van der Waals surface area contributed by atoms with Crippen LogP contribution in [0.4, 0.5) is 0 Å². The Morgan fingerprint density at radius 1 is 1.31 bits per heavy atom. The molecule has 0 saturated heterocycles. The molecule has 0 aliphatic carbocycles. The Labute approximate surface area is 167 Å². The Morgan fingerprint density at radius 3 is 2.81 bits per heavy atom. The number of hydrogen-bond donors (Lipinski definition) is 1. The van der Waals surface area contributed by atoms with Gasteiger partial charge in [-0.25, -0.2) is 5.43 Å². The highest BCUT2D eigenvalue weighted by molar-refractivity contribution is 9.11. The number of halogens is 1. The molecule has 0 radical (unpaired) electrons. The fourth-order valence-corrected chi connectivity index (χ4v) is 4.30. The van der Waals surface area contributed by atoms with Crippen molar-refractivity contribution in [3.05, 3.63) is 51.1 Å². The van der Waals surface area contributed by atoms with Gasteiger partial charge in [0.05, 0.1) is 15.8 Å². The first-order valence-corrected chi connectivity index (χ1v) is 10.5. The maximum atomic E-state index is 12.0. The van der Waals surface area contributed by atoms with E-state index in [0.717, 1.165) is 26.6 Å². The molecule has 0 bridgehead atoms. The Kier molecular flexibility index (Phi) is 6.59. The molecule has 134 valence electrons. The second-order valence-electron chi connectivity index (χ2n) is 5.14. The van der Waals surface area contributed by atoms with Gasteiger partial charge in [-0.15, -0.1) is 21.5 Å². The zero-order valence-corrected chi connectivity index (χ0v) is 17.1. The number of benzene rings is 1. The predicted molar refractivity (Wildman–Crippen MR) is 110 cm³/mol. The number of nitrogens with one attached hydrogen (secondary N) is 1. The predicted octanol–water partition coefficient (Wildman–Crippen LogP) is 4.03. The topological polar surface area (TPSA) is 72.2 Å². The molecular formula is C17H16BrN5OS2. The molecule has 1 N–H and O–H groups in total. The Balaban J connectivity index is 1.58. The second-order valence-corrected chi connectivity index (χ2v) is 8.58. The van der Waals surface area contributed by atoms with Gasteiger partial charge in [-0.1, -0.05) is 42.1 Å². The number of carbonyl (C=O) groups is 1. The maximum absolute atomic E-state index is 12.0. The van der Waals surface area contributed by atoms with Crippen molar-refractivity contribution in [2.75, 3.05) is 5.75 Å². The number of aromatic nitrogens is 3. The van der Waals surface area contributed by atoms with Gasteiger partial charge in [0.25, 0.3) is 5.91 Å². The fourth-order valence-electron chi connectivity index (χ4n) is 2.21. The fraction of sp³-hybridized carbons (Fsp3) is 0.176. The summed E-state index contributed by atoms with van der Waals surface area (Å²) in [6.45, 7) is 2.76. The number of carbonyl (C=O) groups excluding carboxylic acids is 1. The minimum Gasteiger partial charge on any atom is -0.302 e. The molecule has 0 unspecified atom stereocenters. The van der Waals surface area contributed by atoms with Gasteiger partial charge in [0.15, 0.2) is 11.0 Å². The molecular weight excluding hydrogens is 434 g/mol. The number of nitrogens with zero attached hydrogens (tertiary/aromatic N) is 4. The van der Waals surface area contributed by atoms with Crippen LogP contribution in [0.1, 0.15) is 11.8 Å². The quantitative estimate of drug-likeness (QED) is 0.335. The van der Waals surface area contributed by atoms with E-state index < -0.39 is 0 Å². The first-order chi connectivity index (χ1) is 12.7. The molecule has 1 amide bonds. The van der Waals surface area contributed by atoms with Crippen LogP contribution in [-0.4, -0.2) is 32.6 Å². The summed E-state index contributed by atoms with van der Waals surface area (Å²) in [5.41, 5.74) is 3.53. The van der Waals surface area contributed by atoms with Crippen molar-refractivity contribution >= 4 is 51.2 Å². The lowest BCUT2D eigenvalue weighted by atomic mass is 10.2. The van der Waals surface area contributed by atoms with Crippen LogP contribution >= 0.6 is 39.0 Å². The molecule has 0 saturated carbocycles. The van der Waals surface area contributed by atoms with Crippen molar-refractivity contribution in [3.63, 3.8) is 0 Å². The van der Waals surface area contributed by atoms with Crippen LogP contribution < -0.4 is 5.43 Å². The second kappa shape index (κ2) is 9.11. The summed E-state index contributed by atoms with van der Waals surface area (Å²) in [4.78, 5) is 12.9. The van der Waals surface area contributed by atoms with Gasteiger partial charge in [-0.2, -0.15) is 5.10 Å². The maximum Gasteiger partial charge on any atom is 0.250 e. The molecule has 3 rings (SSSR count). The summed E-state index contributed by atoms with van der Waals surface area (Å²) in [5, 5.41) is 13.2. The van der Waals surface area contributed by atoms with Crippen molar-refractivity contribution in [2.24, 2.45) is 5.10 Å². The lowest BCUT2D eigenvalue weighted by molar-refractivity contribution is -0.118. The number of thiophene rings is 1. The van der Waals surface area contributed by atoms with E-state index in [0.29, 0.717) is 5.16 Å². The van der Waals surface area contributed by atoms with E-state index in [-0.39, 0.29) is 11.7 Å². The van der Waals surface area contributed by atoms with E-state index in [1.54, 1.807) is 17.6 Å². The molecule has 1 aromatic carbocycles. The van der Waals surface area contributed by atoms with Gasteiger partial charge in [0.1, 0.15) is 0 Å². The standard InChI is InChI=1S/C17H16BrN5OS2/c1-2-23-16(12-6-4-3-5-7-12)21-22-17(23)25-11-15(24)20-19-10-13-8-9-14(18)26-13/h3-10H,2,11H2,1H3,(H,20,24)/b19-10+. The van der Waals surface area contributed by atoms with Crippen LogP contribution in [-0.2, 0) is 11.3 Å². The molecule has 0 aliphatic heterocycles. The Bertz CT molecular complexity index is 907. The van der Waals surface area contributed by atoms with Gasteiger partial charge >= 0.3 is 0 Å². The third-order valence-corrected chi connectivity index (χ3v) is 5.90. The largest absolute Gasteiger partial charge is 0.302 e. The summed E-state index contributed by atoms with van der Waals surface area (Å²) < 4.78 is 3.02. The molecule has 6 nitrogen and oxygen atoms in total.